The van der Waals surface area contributed by atoms with Crippen molar-refractivity contribution in [3.05, 3.63) is 12.3 Å². The van der Waals surface area contributed by atoms with E-state index in [4.69, 9.17) is 10.00 Å². The van der Waals surface area contributed by atoms with Gasteiger partial charge in [-0.3, -0.25) is 5.10 Å². The lowest BCUT2D eigenvalue weighted by atomic mass is 10.4. The number of sulfonamides is 1. The lowest BCUT2D eigenvalue weighted by molar-refractivity contribution is 0.179. The van der Waals surface area contributed by atoms with Gasteiger partial charge in [0.2, 0.25) is 0 Å². The molecule has 1 aromatic rings. The van der Waals surface area contributed by atoms with Gasteiger partial charge in [0.15, 0.2) is 5.03 Å². The summed E-state index contributed by atoms with van der Waals surface area (Å²) in [6.07, 6.45) is 1.50. The van der Waals surface area contributed by atoms with Gasteiger partial charge in [0.1, 0.15) is 0 Å². The summed E-state index contributed by atoms with van der Waals surface area (Å²) in [5.41, 5.74) is 0. The van der Waals surface area contributed by atoms with Crippen LogP contribution in [0.3, 0.4) is 0 Å². The number of nitrogens with zero attached hydrogens (tertiary/aromatic N) is 3. The van der Waals surface area contributed by atoms with E-state index in [1.807, 2.05) is 6.07 Å². The van der Waals surface area contributed by atoms with Crippen LogP contribution >= 0.6 is 0 Å². The molecule has 0 bridgehead atoms. The monoisotopic (exact) mass is 258 g/mol. The average Bonchev–Trinajstić information content (AvgIpc) is 2.83. The predicted octanol–water partition coefficient (Wildman–Crippen LogP) is -0.0395. The first-order valence-electron chi connectivity index (χ1n) is 4.98. The number of aromatic nitrogens is 2. The Morgan fingerprint density at radius 3 is 2.88 bits per heavy atom. The van der Waals surface area contributed by atoms with Crippen LogP contribution in [0.2, 0.25) is 0 Å². The zero-order valence-corrected chi connectivity index (χ0v) is 10.3. The van der Waals surface area contributed by atoms with E-state index in [0.29, 0.717) is 0 Å². The molecular weight excluding hydrogens is 244 g/mol. The van der Waals surface area contributed by atoms with Crippen molar-refractivity contribution in [2.45, 2.75) is 11.4 Å². The SMILES string of the molecule is COCCN(CCC#N)S(=O)(=O)c1ccn[nH]1. The highest BCUT2D eigenvalue weighted by atomic mass is 32.2. The van der Waals surface area contributed by atoms with E-state index in [2.05, 4.69) is 10.2 Å². The first-order chi connectivity index (χ1) is 8.12. The largest absolute Gasteiger partial charge is 0.383 e. The molecule has 0 saturated carbocycles. The molecule has 1 rings (SSSR count). The number of aromatic amines is 1. The van der Waals surface area contributed by atoms with Crippen LogP contribution in [0.1, 0.15) is 6.42 Å². The molecule has 0 saturated heterocycles. The fourth-order valence-corrected chi connectivity index (χ4v) is 2.57. The highest BCUT2D eigenvalue weighted by Crippen LogP contribution is 2.12. The molecule has 8 heteroatoms. The van der Waals surface area contributed by atoms with Crippen molar-refractivity contribution in [2.24, 2.45) is 0 Å². The van der Waals surface area contributed by atoms with Crippen molar-refractivity contribution in [3.63, 3.8) is 0 Å². The third kappa shape index (κ3) is 3.52. The summed E-state index contributed by atoms with van der Waals surface area (Å²) in [5.74, 6) is 0. The molecule has 0 atom stereocenters. The topological polar surface area (TPSA) is 99.1 Å². The number of H-pyrrole nitrogens is 1. The van der Waals surface area contributed by atoms with E-state index in [1.54, 1.807) is 0 Å². The maximum Gasteiger partial charge on any atom is 0.260 e. The van der Waals surface area contributed by atoms with E-state index in [0.717, 1.165) is 0 Å². The van der Waals surface area contributed by atoms with Crippen molar-refractivity contribution in [2.75, 3.05) is 26.8 Å². The molecule has 0 amide bonds. The highest BCUT2D eigenvalue weighted by Gasteiger charge is 2.24. The summed E-state index contributed by atoms with van der Waals surface area (Å²) in [6, 6.07) is 3.30. The Labute approximate surface area is 100 Å². The molecule has 0 spiro atoms. The lowest BCUT2D eigenvalue weighted by Crippen LogP contribution is -2.35. The maximum absolute atomic E-state index is 12.1. The molecule has 0 unspecified atom stereocenters. The van der Waals surface area contributed by atoms with Gasteiger partial charge in [-0.05, 0) is 6.07 Å². The predicted molar refractivity (Wildman–Crippen MR) is 59.5 cm³/mol. The number of ether oxygens (including phenoxy) is 1. The fraction of sp³-hybridized carbons (Fsp3) is 0.556. The second kappa shape index (κ2) is 6.34. The number of hydrogen-bond acceptors (Lipinski definition) is 5. The smallest absolute Gasteiger partial charge is 0.260 e. The summed E-state index contributed by atoms with van der Waals surface area (Å²) < 4.78 is 30.2. The second-order valence-corrected chi connectivity index (χ2v) is 5.13. The number of rotatable bonds is 7. The minimum atomic E-state index is -3.62. The van der Waals surface area contributed by atoms with Crippen molar-refractivity contribution < 1.29 is 13.2 Å². The van der Waals surface area contributed by atoms with E-state index < -0.39 is 10.0 Å². The molecule has 0 radical (unpaired) electrons. The zero-order chi connectivity index (χ0) is 12.7. The van der Waals surface area contributed by atoms with E-state index in [-0.39, 0.29) is 31.1 Å². The molecule has 0 aliphatic rings. The van der Waals surface area contributed by atoms with Crippen LogP contribution in [0, 0.1) is 11.3 Å². The van der Waals surface area contributed by atoms with Crippen LogP contribution in [0.4, 0.5) is 0 Å². The van der Waals surface area contributed by atoms with Gasteiger partial charge in [-0.1, -0.05) is 0 Å². The number of methoxy groups -OCH3 is 1. The Morgan fingerprint density at radius 1 is 1.59 bits per heavy atom. The summed E-state index contributed by atoms with van der Waals surface area (Å²) in [6.45, 7) is 0.625. The van der Waals surface area contributed by atoms with Gasteiger partial charge in [0.25, 0.3) is 10.0 Å². The molecule has 1 aromatic heterocycles. The van der Waals surface area contributed by atoms with Crippen molar-refractivity contribution in [1.82, 2.24) is 14.5 Å². The Morgan fingerprint density at radius 2 is 2.35 bits per heavy atom. The summed E-state index contributed by atoms with van der Waals surface area (Å²) >= 11 is 0. The lowest BCUT2D eigenvalue weighted by Gasteiger charge is -2.19. The van der Waals surface area contributed by atoms with Gasteiger partial charge in [-0.15, -0.1) is 0 Å². The van der Waals surface area contributed by atoms with Crippen LogP contribution in [0.5, 0.6) is 0 Å². The van der Waals surface area contributed by atoms with Gasteiger partial charge in [-0.25, -0.2) is 8.42 Å². The maximum atomic E-state index is 12.1. The van der Waals surface area contributed by atoms with Gasteiger partial charge in [0.05, 0.1) is 18.9 Å². The molecule has 0 fully saturated rings. The summed E-state index contributed by atoms with van der Waals surface area (Å²) in [4.78, 5) is 0. The van der Waals surface area contributed by atoms with E-state index in [9.17, 15) is 8.42 Å². The molecule has 1 N–H and O–H groups in total. The quantitative estimate of drug-likeness (QED) is 0.739. The average molecular weight is 258 g/mol. The minimum Gasteiger partial charge on any atom is -0.383 e. The van der Waals surface area contributed by atoms with Crippen LogP contribution in [-0.4, -0.2) is 49.7 Å². The van der Waals surface area contributed by atoms with Crippen molar-refractivity contribution in [3.8, 4) is 6.07 Å². The first-order valence-corrected chi connectivity index (χ1v) is 6.42. The minimum absolute atomic E-state index is 0.0199. The van der Waals surface area contributed by atoms with Crippen LogP contribution < -0.4 is 0 Å². The Bertz CT molecular complexity index is 463. The Kier molecular flexibility index (Phi) is 5.09. The van der Waals surface area contributed by atoms with Crippen LogP contribution in [-0.2, 0) is 14.8 Å². The molecule has 0 aromatic carbocycles. The second-order valence-electron chi connectivity index (χ2n) is 3.23. The van der Waals surface area contributed by atoms with Crippen LogP contribution in [0.25, 0.3) is 0 Å². The van der Waals surface area contributed by atoms with Gasteiger partial charge >= 0.3 is 0 Å². The number of nitrogens with one attached hydrogen (secondary N) is 1. The third-order valence-electron chi connectivity index (χ3n) is 2.11. The molecular formula is C9H14N4O3S. The fourth-order valence-electron chi connectivity index (χ4n) is 1.25. The standard InChI is InChI=1S/C9H14N4O3S/c1-16-8-7-13(6-2-4-10)17(14,15)9-3-5-11-12-9/h3,5H,2,6-8H2,1H3,(H,11,12). The normalized spacial score (nSPS) is 11.6. The Hall–Kier alpha value is -1.43. The molecule has 0 aliphatic heterocycles. The first kappa shape index (κ1) is 13.6. The van der Waals surface area contributed by atoms with Crippen molar-refractivity contribution >= 4 is 10.0 Å². The zero-order valence-electron chi connectivity index (χ0n) is 9.46. The molecule has 17 heavy (non-hydrogen) atoms. The van der Waals surface area contributed by atoms with Gasteiger partial charge < -0.3 is 4.74 Å². The summed E-state index contributed by atoms with van der Waals surface area (Å²) in [7, 11) is -2.13. The highest BCUT2D eigenvalue weighted by molar-refractivity contribution is 7.89. The Balaban J connectivity index is 2.85. The summed E-state index contributed by atoms with van der Waals surface area (Å²) in [5, 5.41) is 14.5. The number of nitriles is 1. The van der Waals surface area contributed by atoms with Gasteiger partial charge in [0, 0.05) is 26.6 Å². The van der Waals surface area contributed by atoms with Crippen molar-refractivity contribution in [1.29, 1.82) is 5.26 Å². The van der Waals surface area contributed by atoms with E-state index in [1.165, 1.54) is 23.7 Å². The molecule has 94 valence electrons. The number of hydrogen-bond donors (Lipinski definition) is 1. The molecule has 0 aliphatic carbocycles. The van der Waals surface area contributed by atoms with Gasteiger partial charge in [-0.2, -0.15) is 14.7 Å². The molecule has 1 heterocycles. The van der Waals surface area contributed by atoms with E-state index >= 15 is 0 Å². The third-order valence-corrected chi connectivity index (χ3v) is 3.94. The van der Waals surface area contributed by atoms with Crippen LogP contribution in [0.15, 0.2) is 17.3 Å². The molecule has 7 nitrogen and oxygen atoms in total.